The van der Waals surface area contributed by atoms with E-state index in [4.69, 9.17) is 21.4 Å². The van der Waals surface area contributed by atoms with Crippen LogP contribution in [-0.4, -0.2) is 11.3 Å². The summed E-state index contributed by atoms with van der Waals surface area (Å²) in [5.74, 6) is 0.581. The maximum absolute atomic E-state index is 10.7. The third-order valence-corrected chi connectivity index (χ3v) is 4.65. The third kappa shape index (κ3) is 2.44. The van der Waals surface area contributed by atoms with Crippen molar-refractivity contribution in [1.82, 2.24) is 0 Å². The molecule has 1 aromatic rings. The number of ether oxygens (including phenoxy) is 1. The van der Waals surface area contributed by atoms with Crippen LogP contribution >= 0.6 is 11.6 Å². The van der Waals surface area contributed by atoms with Crippen LogP contribution in [0.2, 0.25) is 5.02 Å². The zero-order valence-corrected chi connectivity index (χ0v) is 11.4. The summed E-state index contributed by atoms with van der Waals surface area (Å²) < 4.78 is 4.92. The Morgan fingerprint density at radius 2 is 1.95 bits per heavy atom. The van der Waals surface area contributed by atoms with Gasteiger partial charge in [0, 0.05) is 5.02 Å². The van der Waals surface area contributed by atoms with Crippen LogP contribution in [-0.2, 0) is 11.2 Å². The monoisotopic (exact) mass is 280 g/mol. The van der Waals surface area contributed by atoms with Crippen molar-refractivity contribution in [3.8, 4) is 0 Å². The lowest BCUT2D eigenvalue weighted by Gasteiger charge is -2.16. The molecular formula is C15H17ClO3. The molecule has 0 radical (unpaired) electrons. The highest BCUT2D eigenvalue weighted by Gasteiger charge is 2.29. The van der Waals surface area contributed by atoms with Crippen LogP contribution in [0.5, 0.6) is 0 Å². The molecule has 1 aromatic carbocycles. The van der Waals surface area contributed by atoms with Crippen LogP contribution in [0.3, 0.4) is 0 Å². The Kier molecular flexibility index (Phi) is 3.40. The summed E-state index contributed by atoms with van der Waals surface area (Å²) in [5, 5.41) is 9.51. The summed E-state index contributed by atoms with van der Waals surface area (Å²) in [6.07, 6.45) is 5.04. The fourth-order valence-corrected chi connectivity index (χ4v) is 3.73. The standard InChI is InChI=1S/C15H17ClO3/c16-13-8-12-10(5-6-14(12)19-15(17)18)7-11(13)9-3-1-2-4-9/h7-9,14H,1-6H2,(H,17,18). The van der Waals surface area contributed by atoms with Gasteiger partial charge in [-0.1, -0.05) is 30.5 Å². The van der Waals surface area contributed by atoms with Crippen molar-refractivity contribution in [2.45, 2.75) is 50.5 Å². The summed E-state index contributed by atoms with van der Waals surface area (Å²) in [6.45, 7) is 0. The van der Waals surface area contributed by atoms with E-state index in [-0.39, 0.29) is 6.10 Å². The first-order chi connectivity index (χ1) is 9.15. The molecule has 102 valence electrons. The van der Waals surface area contributed by atoms with E-state index in [2.05, 4.69) is 6.07 Å². The van der Waals surface area contributed by atoms with Crippen LogP contribution < -0.4 is 0 Å². The first-order valence-electron chi connectivity index (χ1n) is 6.87. The Bertz CT molecular complexity index is 506. The van der Waals surface area contributed by atoms with E-state index >= 15 is 0 Å². The van der Waals surface area contributed by atoms with Crippen LogP contribution in [0, 0.1) is 0 Å². The number of aryl methyl sites for hydroxylation is 1. The zero-order chi connectivity index (χ0) is 13.4. The van der Waals surface area contributed by atoms with E-state index in [1.54, 1.807) is 0 Å². The molecule has 1 fully saturated rings. The van der Waals surface area contributed by atoms with Crippen molar-refractivity contribution in [3.05, 3.63) is 33.8 Å². The summed E-state index contributed by atoms with van der Waals surface area (Å²) in [6, 6.07) is 4.10. The fraction of sp³-hybridized carbons (Fsp3) is 0.533. The first-order valence-corrected chi connectivity index (χ1v) is 7.24. The van der Waals surface area contributed by atoms with Crippen molar-refractivity contribution >= 4 is 17.8 Å². The van der Waals surface area contributed by atoms with Gasteiger partial charge in [0.05, 0.1) is 0 Å². The number of carbonyl (C=O) groups is 1. The number of fused-ring (bicyclic) bond motifs is 1. The van der Waals surface area contributed by atoms with Crippen LogP contribution in [0.15, 0.2) is 12.1 Å². The van der Waals surface area contributed by atoms with Gasteiger partial charge >= 0.3 is 6.16 Å². The summed E-state index contributed by atoms with van der Waals surface area (Å²) >= 11 is 6.39. The predicted molar refractivity (Wildman–Crippen MR) is 72.8 cm³/mol. The lowest BCUT2D eigenvalue weighted by atomic mass is 9.94. The average Bonchev–Trinajstić information content (AvgIpc) is 2.98. The van der Waals surface area contributed by atoms with Gasteiger partial charge in [0.15, 0.2) is 0 Å². The molecule has 0 spiro atoms. The number of rotatable bonds is 2. The van der Waals surface area contributed by atoms with Gasteiger partial charge in [-0.2, -0.15) is 0 Å². The average molecular weight is 281 g/mol. The Morgan fingerprint density at radius 1 is 1.21 bits per heavy atom. The van der Waals surface area contributed by atoms with Gasteiger partial charge in [-0.25, -0.2) is 4.79 Å². The molecule has 4 heteroatoms. The highest BCUT2D eigenvalue weighted by Crippen LogP contribution is 2.43. The normalized spacial score (nSPS) is 22.5. The van der Waals surface area contributed by atoms with E-state index in [9.17, 15) is 4.79 Å². The SMILES string of the molecule is O=C(O)OC1CCc2cc(C3CCCC3)c(Cl)cc21. The van der Waals surface area contributed by atoms with Crippen molar-refractivity contribution in [2.24, 2.45) is 0 Å². The minimum atomic E-state index is -1.21. The zero-order valence-electron chi connectivity index (χ0n) is 10.7. The van der Waals surface area contributed by atoms with Gasteiger partial charge in [-0.3, -0.25) is 0 Å². The molecule has 0 heterocycles. The van der Waals surface area contributed by atoms with Gasteiger partial charge in [0.1, 0.15) is 6.10 Å². The molecule has 1 unspecified atom stereocenters. The molecule has 0 amide bonds. The van der Waals surface area contributed by atoms with Crippen molar-refractivity contribution in [3.63, 3.8) is 0 Å². The molecule has 3 rings (SSSR count). The van der Waals surface area contributed by atoms with Crippen LogP contribution in [0.1, 0.15) is 60.8 Å². The lowest BCUT2D eigenvalue weighted by molar-refractivity contribution is 0.0520. The maximum atomic E-state index is 10.7. The molecule has 0 aromatic heterocycles. The minimum absolute atomic E-state index is 0.345. The van der Waals surface area contributed by atoms with Gasteiger partial charge < -0.3 is 9.84 Å². The number of carboxylic acid groups (broad SMARTS) is 1. The number of halogens is 1. The first kappa shape index (κ1) is 12.8. The highest BCUT2D eigenvalue weighted by molar-refractivity contribution is 6.31. The van der Waals surface area contributed by atoms with Crippen molar-refractivity contribution in [2.75, 3.05) is 0 Å². The van der Waals surface area contributed by atoms with Crippen LogP contribution in [0.25, 0.3) is 0 Å². The van der Waals surface area contributed by atoms with Crippen LogP contribution in [0.4, 0.5) is 4.79 Å². The van der Waals surface area contributed by atoms with E-state index in [0.29, 0.717) is 5.92 Å². The maximum Gasteiger partial charge on any atom is 0.506 e. The summed E-state index contributed by atoms with van der Waals surface area (Å²) in [5.41, 5.74) is 3.40. The van der Waals surface area contributed by atoms with E-state index in [1.165, 1.54) is 36.8 Å². The third-order valence-electron chi connectivity index (χ3n) is 4.32. The number of benzene rings is 1. The molecule has 1 N–H and O–H groups in total. The van der Waals surface area contributed by atoms with E-state index in [0.717, 1.165) is 23.4 Å². The Balaban J connectivity index is 1.90. The molecule has 3 nitrogen and oxygen atoms in total. The predicted octanol–water partition coefficient (Wildman–Crippen LogP) is 4.68. The Hall–Kier alpha value is -1.22. The fourth-order valence-electron chi connectivity index (χ4n) is 3.40. The number of hydrogen-bond acceptors (Lipinski definition) is 2. The smallest absolute Gasteiger partial charge is 0.450 e. The summed E-state index contributed by atoms with van der Waals surface area (Å²) in [7, 11) is 0. The van der Waals surface area contributed by atoms with Crippen molar-refractivity contribution < 1.29 is 14.6 Å². The number of hydrogen-bond donors (Lipinski definition) is 1. The molecule has 2 aliphatic carbocycles. The second-order valence-corrected chi connectivity index (χ2v) is 5.87. The summed E-state index contributed by atoms with van der Waals surface area (Å²) in [4.78, 5) is 10.7. The topological polar surface area (TPSA) is 46.5 Å². The Labute approximate surface area is 117 Å². The van der Waals surface area contributed by atoms with E-state index < -0.39 is 6.16 Å². The van der Waals surface area contributed by atoms with Gasteiger partial charge in [-0.15, -0.1) is 0 Å². The van der Waals surface area contributed by atoms with Gasteiger partial charge in [0.25, 0.3) is 0 Å². The molecular weight excluding hydrogens is 264 g/mol. The molecule has 1 atom stereocenters. The molecule has 19 heavy (non-hydrogen) atoms. The second-order valence-electron chi connectivity index (χ2n) is 5.46. The Morgan fingerprint density at radius 3 is 2.63 bits per heavy atom. The molecule has 0 aliphatic heterocycles. The molecule has 0 bridgehead atoms. The quantitative estimate of drug-likeness (QED) is 0.800. The molecule has 1 saturated carbocycles. The minimum Gasteiger partial charge on any atom is -0.450 e. The molecule has 2 aliphatic rings. The van der Waals surface area contributed by atoms with Gasteiger partial charge in [-0.05, 0) is 54.4 Å². The van der Waals surface area contributed by atoms with Crippen molar-refractivity contribution in [1.29, 1.82) is 0 Å². The highest BCUT2D eigenvalue weighted by atomic mass is 35.5. The second kappa shape index (κ2) is 5.04. The van der Waals surface area contributed by atoms with E-state index in [1.807, 2.05) is 6.07 Å². The largest absolute Gasteiger partial charge is 0.506 e. The van der Waals surface area contributed by atoms with Gasteiger partial charge in [0.2, 0.25) is 0 Å². The lowest BCUT2D eigenvalue weighted by Crippen LogP contribution is -2.06. The molecule has 0 saturated heterocycles.